The van der Waals surface area contributed by atoms with Crippen LogP contribution in [0.5, 0.6) is 11.5 Å². The van der Waals surface area contributed by atoms with E-state index < -0.39 is 0 Å². The van der Waals surface area contributed by atoms with Crippen molar-refractivity contribution in [3.05, 3.63) is 24.3 Å². The van der Waals surface area contributed by atoms with Crippen molar-refractivity contribution in [2.45, 2.75) is 0 Å². The predicted octanol–water partition coefficient (Wildman–Crippen LogP) is 0.361. The van der Waals surface area contributed by atoms with E-state index in [0.29, 0.717) is 37.7 Å². The van der Waals surface area contributed by atoms with Gasteiger partial charge in [-0.2, -0.15) is 0 Å². The van der Waals surface area contributed by atoms with E-state index in [-0.39, 0.29) is 13.2 Å². The number of hydrogen-bond donors (Lipinski definition) is 2. The van der Waals surface area contributed by atoms with E-state index in [1.807, 2.05) is 29.2 Å². The largest absolute Gasteiger partial charge is 0.493 e. The van der Waals surface area contributed by atoms with Crippen molar-refractivity contribution in [1.82, 2.24) is 4.90 Å². The lowest BCUT2D eigenvalue weighted by Gasteiger charge is -2.20. The van der Waals surface area contributed by atoms with E-state index in [1.165, 1.54) is 0 Å². The molecule has 0 aliphatic rings. The second kappa shape index (κ2) is 8.74. The summed E-state index contributed by atoms with van der Waals surface area (Å²) in [4.78, 5) is 1.94. The van der Waals surface area contributed by atoms with Crippen molar-refractivity contribution in [3.63, 3.8) is 0 Å². The highest BCUT2D eigenvalue weighted by atomic mass is 16.5. The van der Waals surface area contributed by atoms with Crippen molar-refractivity contribution in [2.75, 3.05) is 46.6 Å². The van der Waals surface area contributed by atoms with Crippen LogP contribution in [0, 0.1) is 0 Å². The first-order valence-electron chi connectivity index (χ1n) is 6.01. The van der Waals surface area contributed by atoms with Crippen LogP contribution >= 0.6 is 0 Å². The third-order valence-corrected chi connectivity index (χ3v) is 2.57. The van der Waals surface area contributed by atoms with Crippen LogP contribution in [0.1, 0.15) is 0 Å². The molecule has 0 aliphatic carbocycles. The SMILES string of the molecule is COc1ccccc1OCCN(CCO)CCO. The average molecular weight is 255 g/mol. The molecule has 1 aromatic rings. The van der Waals surface area contributed by atoms with E-state index in [9.17, 15) is 0 Å². The van der Waals surface area contributed by atoms with Gasteiger partial charge in [-0.15, -0.1) is 0 Å². The van der Waals surface area contributed by atoms with Crippen molar-refractivity contribution >= 4 is 0 Å². The molecule has 0 heterocycles. The van der Waals surface area contributed by atoms with Gasteiger partial charge in [0.1, 0.15) is 6.61 Å². The Morgan fingerprint density at radius 1 is 1.00 bits per heavy atom. The molecule has 1 rings (SSSR count). The van der Waals surface area contributed by atoms with Crippen LogP contribution in [0.3, 0.4) is 0 Å². The zero-order valence-electron chi connectivity index (χ0n) is 10.7. The summed E-state index contributed by atoms with van der Waals surface area (Å²) in [7, 11) is 1.60. The molecule has 0 saturated carbocycles. The van der Waals surface area contributed by atoms with Gasteiger partial charge in [0.25, 0.3) is 0 Å². The van der Waals surface area contributed by atoms with Crippen LogP contribution in [-0.2, 0) is 0 Å². The summed E-state index contributed by atoms with van der Waals surface area (Å²) in [5.74, 6) is 1.40. The molecule has 5 nitrogen and oxygen atoms in total. The zero-order valence-corrected chi connectivity index (χ0v) is 10.7. The fourth-order valence-electron chi connectivity index (χ4n) is 1.64. The third kappa shape index (κ3) is 4.91. The fraction of sp³-hybridized carbons (Fsp3) is 0.538. The van der Waals surface area contributed by atoms with Gasteiger partial charge >= 0.3 is 0 Å². The van der Waals surface area contributed by atoms with Crippen LogP contribution in [0.2, 0.25) is 0 Å². The van der Waals surface area contributed by atoms with Crippen molar-refractivity contribution < 1.29 is 19.7 Å². The fourth-order valence-corrected chi connectivity index (χ4v) is 1.64. The zero-order chi connectivity index (χ0) is 13.2. The van der Waals surface area contributed by atoms with E-state index in [4.69, 9.17) is 19.7 Å². The molecule has 0 aromatic heterocycles. The highest BCUT2D eigenvalue weighted by molar-refractivity contribution is 5.39. The van der Waals surface area contributed by atoms with Crippen LogP contribution in [0.25, 0.3) is 0 Å². The molecule has 0 atom stereocenters. The number of aliphatic hydroxyl groups excluding tert-OH is 2. The molecule has 18 heavy (non-hydrogen) atoms. The summed E-state index contributed by atoms with van der Waals surface area (Å²) in [5.41, 5.74) is 0. The van der Waals surface area contributed by atoms with Gasteiger partial charge < -0.3 is 19.7 Å². The summed E-state index contributed by atoms with van der Waals surface area (Å²) in [6.07, 6.45) is 0. The molecule has 0 fully saturated rings. The van der Waals surface area contributed by atoms with Gasteiger partial charge in [-0.25, -0.2) is 0 Å². The third-order valence-electron chi connectivity index (χ3n) is 2.57. The van der Waals surface area contributed by atoms with E-state index >= 15 is 0 Å². The van der Waals surface area contributed by atoms with Gasteiger partial charge in [0, 0.05) is 19.6 Å². The number of rotatable bonds is 9. The van der Waals surface area contributed by atoms with Crippen LogP contribution in [-0.4, -0.2) is 61.7 Å². The molecule has 1 aromatic carbocycles. The molecule has 0 spiro atoms. The molecule has 0 radical (unpaired) electrons. The standard InChI is InChI=1S/C13H21NO4/c1-17-12-4-2-3-5-13(12)18-11-8-14(6-9-15)7-10-16/h2-5,15-16H,6-11H2,1H3. The minimum Gasteiger partial charge on any atom is -0.493 e. The lowest BCUT2D eigenvalue weighted by Crippen LogP contribution is -2.33. The molecule has 0 unspecified atom stereocenters. The Hall–Kier alpha value is -1.30. The van der Waals surface area contributed by atoms with E-state index in [1.54, 1.807) is 7.11 Å². The number of benzene rings is 1. The maximum Gasteiger partial charge on any atom is 0.161 e. The molecule has 0 bridgehead atoms. The van der Waals surface area contributed by atoms with Crippen LogP contribution < -0.4 is 9.47 Å². The number of nitrogens with zero attached hydrogens (tertiary/aromatic N) is 1. The number of methoxy groups -OCH3 is 1. The first-order valence-corrected chi connectivity index (χ1v) is 6.01. The number of aliphatic hydroxyl groups is 2. The van der Waals surface area contributed by atoms with Crippen LogP contribution in [0.4, 0.5) is 0 Å². The quantitative estimate of drug-likeness (QED) is 0.667. The molecule has 0 aliphatic heterocycles. The molecule has 0 saturated heterocycles. The van der Waals surface area contributed by atoms with Gasteiger partial charge in [-0.05, 0) is 12.1 Å². The predicted molar refractivity (Wildman–Crippen MR) is 69.1 cm³/mol. The second-order valence-corrected chi connectivity index (χ2v) is 3.79. The number of ether oxygens (including phenoxy) is 2. The van der Waals surface area contributed by atoms with Crippen molar-refractivity contribution in [2.24, 2.45) is 0 Å². The Kier molecular flexibility index (Phi) is 7.17. The van der Waals surface area contributed by atoms with Gasteiger partial charge in [-0.3, -0.25) is 4.90 Å². The minimum absolute atomic E-state index is 0.0780. The van der Waals surface area contributed by atoms with E-state index in [0.717, 1.165) is 0 Å². The highest BCUT2D eigenvalue weighted by Gasteiger charge is 2.06. The highest BCUT2D eigenvalue weighted by Crippen LogP contribution is 2.25. The summed E-state index contributed by atoms with van der Waals surface area (Å²) < 4.78 is 10.8. The first-order chi connectivity index (χ1) is 8.81. The van der Waals surface area contributed by atoms with Gasteiger partial charge in [0.05, 0.1) is 20.3 Å². The Balaban J connectivity index is 2.39. The smallest absolute Gasteiger partial charge is 0.161 e. The Morgan fingerprint density at radius 2 is 1.61 bits per heavy atom. The molecule has 0 amide bonds. The number of hydrogen-bond acceptors (Lipinski definition) is 5. The maximum atomic E-state index is 8.88. The molecular weight excluding hydrogens is 234 g/mol. The van der Waals surface area contributed by atoms with Crippen LogP contribution in [0.15, 0.2) is 24.3 Å². The number of para-hydroxylation sites is 2. The Morgan fingerprint density at radius 3 is 2.17 bits per heavy atom. The van der Waals surface area contributed by atoms with Crippen molar-refractivity contribution in [3.8, 4) is 11.5 Å². The molecular formula is C13H21NO4. The lowest BCUT2D eigenvalue weighted by atomic mass is 10.3. The van der Waals surface area contributed by atoms with E-state index in [2.05, 4.69) is 0 Å². The normalized spacial score (nSPS) is 10.7. The summed E-state index contributed by atoms with van der Waals surface area (Å²) in [5, 5.41) is 17.8. The molecule has 102 valence electrons. The van der Waals surface area contributed by atoms with Gasteiger partial charge in [0.15, 0.2) is 11.5 Å². The Labute approximate surface area is 108 Å². The molecule has 5 heteroatoms. The topological polar surface area (TPSA) is 62.2 Å². The Bertz CT molecular complexity index is 327. The summed E-state index contributed by atoms with van der Waals surface area (Å²) in [6, 6.07) is 7.46. The monoisotopic (exact) mass is 255 g/mol. The average Bonchev–Trinajstić information content (AvgIpc) is 2.40. The molecule has 2 N–H and O–H groups in total. The summed E-state index contributed by atoms with van der Waals surface area (Å²) in [6.45, 7) is 2.37. The minimum atomic E-state index is 0.0780. The lowest BCUT2D eigenvalue weighted by molar-refractivity contribution is 0.140. The maximum absolute atomic E-state index is 8.88. The van der Waals surface area contributed by atoms with Crippen molar-refractivity contribution in [1.29, 1.82) is 0 Å². The van der Waals surface area contributed by atoms with Gasteiger partial charge in [-0.1, -0.05) is 12.1 Å². The van der Waals surface area contributed by atoms with Gasteiger partial charge in [0.2, 0.25) is 0 Å². The first kappa shape index (κ1) is 14.8. The summed E-state index contributed by atoms with van der Waals surface area (Å²) >= 11 is 0. The second-order valence-electron chi connectivity index (χ2n) is 3.79.